The molecule has 0 bridgehead atoms. The van der Waals surface area contributed by atoms with Crippen LogP contribution in [0.1, 0.15) is 42.3 Å². The van der Waals surface area contributed by atoms with Gasteiger partial charge in [0.15, 0.2) is 11.5 Å². The lowest BCUT2D eigenvalue weighted by Gasteiger charge is -2.40. The number of allylic oxidation sites excluding steroid dienone is 1. The number of rotatable bonds is 6. The molecule has 3 heterocycles. The van der Waals surface area contributed by atoms with Gasteiger partial charge in [-0.05, 0) is 62.7 Å². The average Bonchev–Trinajstić information content (AvgIpc) is 3.45. The molecule has 216 valence electrons. The van der Waals surface area contributed by atoms with Gasteiger partial charge in [0.2, 0.25) is 16.5 Å². The lowest BCUT2D eigenvalue weighted by molar-refractivity contribution is -0.124. The van der Waals surface area contributed by atoms with E-state index in [4.69, 9.17) is 18.9 Å². The van der Waals surface area contributed by atoms with Crippen molar-refractivity contribution in [1.29, 1.82) is 0 Å². The zero-order valence-electron chi connectivity index (χ0n) is 24.1. The Kier molecular flexibility index (Phi) is 6.49. The van der Waals surface area contributed by atoms with Crippen molar-refractivity contribution in [2.75, 3.05) is 36.9 Å². The number of carbonyl (C=O) groups is 3. The summed E-state index contributed by atoms with van der Waals surface area (Å²) < 4.78 is 22.1. The molecule has 0 unspecified atom stereocenters. The van der Waals surface area contributed by atoms with Gasteiger partial charge in [-0.2, -0.15) is 0 Å². The average molecular weight is 587 g/mol. The van der Waals surface area contributed by atoms with Crippen LogP contribution in [0, 0.1) is 0 Å². The summed E-state index contributed by atoms with van der Waals surface area (Å²) in [6, 6.07) is 15.7. The Labute approximate surface area is 248 Å². The first-order chi connectivity index (χ1) is 20.1. The molecule has 0 N–H and O–H groups in total. The van der Waals surface area contributed by atoms with Crippen molar-refractivity contribution in [3.63, 3.8) is 0 Å². The second-order valence-electron chi connectivity index (χ2n) is 10.8. The highest BCUT2D eigenvalue weighted by Gasteiger charge is 2.64. The van der Waals surface area contributed by atoms with E-state index in [2.05, 4.69) is 0 Å². The fraction of sp³-hybridized carbons (Fsp3) is 0.281. The van der Waals surface area contributed by atoms with Gasteiger partial charge in [0.25, 0.3) is 5.91 Å². The number of carbonyl (C=O) groups excluding carboxylic acids is 3. The molecule has 3 aliphatic heterocycles. The summed E-state index contributed by atoms with van der Waals surface area (Å²) in [5, 5.41) is 0. The predicted octanol–water partition coefficient (Wildman–Crippen LogP) is 5.41. The molecule has 3 aromatic carbocycles. The molecule has 2 amide bonds. The Morgan fingerprint density at radius 2 is 1.57 bits per heavy atom. The Morgan fingerprint density at radius 3 is 2.19 bits per heavy atom. The number of ether oxygens (including phenoxy) is 4. The summed E-state index contributed by atoms with van der Waals surface area (Å²) in [6.07, 6.45) is 2.02. The Hall–Kier alpha value is -4.44. The van der Waals surface area contributed by atoms with Crippen LogP contribution in [0.15, 0.2) is 60.7 Å². The molecule has 9 nitrogen and oxygen atoms in total. The van der Waals surface area contributed by atoms with E-state index < -0.39 is 16.4 Å². The maximum atomic E-state index is 14.5. The van der Waals surface area contributed by atoms with Crippen LogP contribution in [0.25, 0.3) is 5.57 Å². The maximum Gasteiger partial charge on any atom is 0.343 e. The van der Waals surface area contributed by atoms with Gasteiger partial charge in [-0.15, -0.1) is 11.8 Å². The van der Waals surface area contributed by atoms with Gasteiger partial charge in [0, 0.05) is 16.8 Å². The lowest BCUT2D eigenvalue weighted by atomic mass is 9.89. The molecule has 3 aromatic rings. The Morgan fingerprint density at radius 1 is 0.905 bits per heavy atom. The minimum Gasteiger partial charge on any atom is -0.493 e. The molecular formula is C32H30N2O7S. The minimum atomic E-state index is -1.35. The summed E-state index contributed by atoms with van der Waals surface area (Å²) in [5.74, 6) is 0.330. The number of methoxy groups -OCH3 is 3. The van der Waals surface area contributed by atoms with Crippen LogP contribution in [-0.2, 0) is 14.5 Å². The van der Waals surface area contributed by atoms with E-state index in [-0.39, 0.29) is 28.9 Å². The number of anilines is 2. The third-order valence-corrected chi connectivity index (χ3v) is 9.22. The van der Waals surface area contributed by atoms with Crippen molar-refractivity contribution < 1.29 is 33.3 Å². The largest absolute Gasteiger partial charge is 0.493 e. The summed E-state index contributed by atoms with van der Waals surface area (Å²) in [4.78, 5) is 43.5. The fourth-order valence-electron chi connectivity index (χ4n) is 6.15. The second kappa shape index (κ2) is 9.84. The number of esters is 1. The molecule has 42 heavy (non-hydrogen) atoms. The van der Waals surface area contributed by atoms with Gasteiger partial charge in [0.05, 0.1) is 43.9 Å². The van der Waals surface area contributed by atoms with Gasteiger partial charge in [-0.3, -0.25) is 19.4 Å². The minimum absolute atomic E-state index is 0.130. The van der Waals surface area contributed by atoms with Crippen molar-refractivity contribution in [2.24, 2.45) is 0 Å². The molecule has 1 spiro atoms. The van der Waals surface area contributed by atoms with E-state index in [1.54, 1.807) is 21.9 Å². The van der Waals surface area contributed by atoms with Crippen molar-refractivity contribution in [3.05, 3.63) is 77.4 Å². The monoisotopic (exact) mass is 586 g/mol. The van der Waals surface area contributed by atoms with E-state index in [1.165, 1.54) is 45.2 Å². The molecule has 1 saturated heterocycles. The number of amides is 2. The highest BCUT2D eigenvalue weighted by atomic mass is 32.2. The first-order valence-corrected chi connectivity index (χ1v) is 14.3. The second-order valence-corrected chi connectivity index (χ2v) is 12.0. The Bertz CT molecular complexity index is 1660. The van der Waals surface area contributed by atoms with E-state index in [0.29, 0.717) is 28.5 Å². The van der Waals surface area contributed by atoms with Crippen molar-refractivity contribution >= 4 is 46.5 Å². The molecule has 6 rings (SSSR count). The number of fused-ring (bicyclic) bond motifs is 1. The van der Waals surface area contributed by atoms with Gasteiger partial charge in [-0.25, -0.2) is 4.79 Å². The van der Waals surface area contributed by atoms with Crippen LogP contribution in [0.5, 0.6) is 23.0 Å². The standard InChI is InChI=1S/C32H30N2O7S/c1-18-16-31(2,3)34-27-22(18)14-21(41-29(36)19-12-24(38-4)28(40-6)25(13-19)39-5)15-23(27)32(30(34)37)33(26(35)17-42-32)20-10-8-7-9-11-20/h7-16H,17H2,1-6H3/t32-/m0/s1. The molecule has 10 heteroatoms. The molecule has 0 radical (unpaired) electrons. The van der Waals surface area contributed by atoms with E-state index >= 15 is 0 Å². The quantitative estimate of drug-likeness (QED) is 0.280. The third-order valence-electron chi connectivity index (χ3n) is 7.83. The number of hydrogen-bond acceptors (Lipinski definition) is 8. The van der Waals surface area contributed by atoms with Crippen LogP contribution in [0.3, 0.4) is 0 Å². The third kappa shape index (κ3) is 3.88. The van der Waals surface area contributed by atoms with Crippen LogP contribution in [0.2, 0.25) is 0 Å². The number of para-hydroxylation sites is 1. The van der Waals surface area contributed by atoms with Gasteiger partial charge in [-0.1, -0.05) is 24.3 Å². The van der Waals surface area contributed by atoms with Crippen LogP contribution in [-0.4, -0.2) is 50.4 Å². The molecular weight excluding hydrogens is 556 g/mol. The zero-order valence-corrected chi connectivity index (χ0v) is 25.0. The maximum absolute atomic E-state index is 14.5. The van der Waals surface area contributed by atoms with Crippen molar-refractivity contribution in [1.82, 2.24) is 0 Å². The number of nitrogens with zero attached hydrogens (tertiary/aromatic N) is 2. The number of hydrogen-bond donors (Lipinski definition) is 0. The topological polar surface area (TPSA) is 94.6 Å². The van der Waals surface area contributed by atoms with E-state index in [9.17, 15) is 14.4 Å². The number of thioether (sulfide) groups is 1. The molecule has 3 aliphatic rings. The fourth-order valence-corrected chi connectivity index (χ4v) is 7.47. The predicted molar refractivity (Wildman–Crippen MR) is 161 cm³/mol. The first kappa shape index (κ1) is 27.7. The molecule has 0 aliphatic carbocycles. The summed E-state index contributed by atoms with van der Waals surface area (Å²) in [7, 11) is 4.42. The smallest absolute Gasteiger partial charge is 0.343 e. The SMILES string of the molecule is COc1cc(C(=O)Oc2cc3c4c(c2)[C@]2(SCC(=O)N2c2ccccc2)C(=O)N4C(C)(C)C=C3C)cc(OC)c1OC. The van der Waals surface area contributed by atoms with Gasteiger partial charge < -0.3 is 18.9 Å². The van der Waals surface area contributed by atoms with Crippen molar-refractivity contribution in [3.8, 4) is 23.0 Å². The summed E-state index contributed by atoms with van der Waals surface area (Å²) >= 11 is 1.28. The van der Waals surface area contributed by atoms with Crippen LogP contribution < -0.4 is 28.7 Å². The molecule has 0 aromatic heterocycles. The summed E-state index contributed by atoms with van der Waals surface area (Å²) in [5.41, 5.74) is 3.20. The van der Waals surface area contributed by atoms with E-state index in [1.807, 2.05) is 57.2 Å². The normalized spacial score (nSPS) is 20.0. The van der Waals surface area contributed by atoms with Crippen molar-refractivity contribution in [2.45, 2.75) is 31.2 Å². The molecule has 1 atom stereocenters. The highest BCUT2D eigenvalue weighted by molar-refractivity contribution is 8.02. The summed E-state index contributed by atoms with van der Waals surface area (Å²) in [6.45, 7) is 5.93. The highest BCUT2D eigenvalue weighted by Crippen LogP contribution is 2.60. The van der Waals surface area contributed by atoms with Crippen LogP contribution in [0.4, 0.5) is 11.4 Å². The van der Waals surface area contributed by atoms with E-state index in [0.717, 1.165) is 16.8 Å². The molecule has 1 fully saturated rings. The van der Waals surface area contributed by atoms with Gasteiger partial charge in [0.1, 0.15) is 5.75 Å². The van der Waals surface area contributed by atoms with Gasteiger partial charge >= 0.3 is 5.97 Å². The number of benzene rings is 3. The first-order valence-electron chi connectivity index (χ1n) is 13.3. The van der Waals surface area contributed by atoms with Crippen LogP contribution >= 0.6 is 11.8 Å². The molecule has 0 saturated carbocycles. The zero-order chi connectivity index (χ0) is 30.0. The lowest BCUT2D eigenvalue weighted by Crippen LogP contribution is -2.54. The Balaban J connectivity index is 1.51.